The summed E-state index contributed by atoms with van der Waals surface area (Å²) in [6, 6.07) is 6.11. The smallest absolute Gasteiger partial charge is 0.416 e. The topological polar surface area (TPSA) is 123 Å². The molecule has 2 saturated heterocycles. The summed E-state index contributed by atoms with van der Waals surface area (Å²) in [5.41, 5.74) is -0.450. The van der Waals surface area contributed by atoms with Gasteiger partial charge in [-0.3, -0.25) is 9.59 Å². The van der Waals surface area contributed by atoms with Crippen molar-refractivity contribution in [3.8, 4) is 11.5 Å². The molecule has 0 aromatic heterocycles. The lowest BCUT2D eigenvalue weighted by Gasteiger charge is -2.35. The fraction of sp³-hybridized carbons (Fsp3) is 0.517. The molecule has 2 amide bonds. The highest BCUT2D eigenvalue weighted by atomic mass is 32.2. The third-order valence-electron chi connectivity index (χ3n) is 7.61. The highest BCUT2D eigenvalue weighted by Crippen LogP contribution is 2.33. The Morgan fingerprint density at radius 2 is 1.74 bits per heavy atom. The molecule has 236 valence electrons. The molecule has 2 fully saturated rings. The number of benzene rings is 2. The van der Waals surface area contributed by atoms with Gasteiger partial charge in [-0.2, -0.15) is 17.5 Å². The van der Waals surface area contributed by atoms with Gasteiger partial charge in [0.05, 0.1) is 24.7 Å². The molecule has 2 N–H and O–H groups in total. The van der Waals surface area contributed by atoms with Crippen molar-refractivity contribution < 1.29 is 45.4 Å². The van der Waals surface area contributed by atoms with Crippen LogP contribution in [0.25, 0.3) is 0 Å². The maximum atomic E-state index is 13.7. The number of rotatable bonds is 10. The molecule has 0 spiro atoms. The molecule has 0 saturated carbocycles. The van der Waals surface area contributed by atoms with E-state index in [9.17, 15) is 31.2 Å². The highest BCUT2D eigenvalue weighted by molar-refractivity contribution is 7.89. The molecule has 4 rings (SSSR count). The Balaban J connectivity index is 1.59. The quantitative estimate of drug-likeness (QED) is 0.415. The summed E-state index contributed by atoms with van der Waals surface area (Å²) >= 11 is 0. The zero-order valence-corrected chi connectivity index (χ0v) is 24.8. The molecular formula is C29H36F3N3O7S. The predicted octanol–water partition coefficient (Wildman–Crippen LogP) is 3.29. The first-order valence-electron chi connectivity index (χ1n) is 14.0. The van der Waals surface area contributed by atoms with E-state index in [1.165, 1.54) is 14.2 Å². The Morgan fingerprint density at radius 3 is 2.42 bits per heavy atom. The molecule has 0 bridgehead atoms. The molecule has 2 aromatic carbocycles. The molecule has 0 aliphatic carbocycles. The van der Waals surface area contributed by atoms with Crippen LogP contribution in [-0.4, -0.2) is 76.6 Å². The largest absolute Gasteiger partial charge is 0.493 e. The zero-order chi connectivity index (χ0) is 31.2. The number of hydrogen-bond acceptors (Lipinski definition) is 7. The Kier molecular flexibility index (Phi) is 10.6. The van der Waals surface area contributed by atoms with Gasteiger partial charge in [0.1, 0.15) is 12.1 Å². The normalized spacial score (nSPS) is 19.3. The average Bonchev–Trinajstić information content (AvgIpc) is 3.00. The Labute approximate surface area is 248 Å². The minimum atomic E-state index is -4.74. The second-order valence-electron chi connectivity index (χ2n) is 10.5. The molecule has 2 heterocycles. The van der Waals surface area contributed by atoms with Crippen molar-refractivity contribution in [1.82, 2.24) is 14.9 Å². The third kappa shape index (κ3) is 7.98. The van der Waals surface area contributed by atoms with Crippen LogP contribution >= 0.6 is 0 Å². The van der Waals surface area contributed by atoms with Crippen molar-refractivity contribution in [3.05, 3.63) is 53.6 Å². The summed E-state index contributed by atoms with van der Waals surface area (Å²) in [6.45, 7) is 0.926. The number of sulfonamides is 1. The summed E-state index contributed by atoms with van der Waals surface area (Å²) in [7, 11) is -1.50. The first-order chi connectivity index (χ1) is 20.4. The van der Waals surface area contributed by atoms with E-state index in [1.54, 1.807) is 18.2 Å². The minimum absolute atomic E-state index is 0.0503. The first kappa shape index (κ1) is 32.6. The van der Waals surface area contributed by atoms with Crippen LogP contribution in [0.3, 0.4) is 0 Å². The van der Waals surface area contributed by atoms with Crippen LogP contribution in [0, 0.1) is 0 Å². The van der Waals surface area contributed by atoms with Crippen LogP contribution < -0.4 is 20.1 Å². The molecule has 0 radical (unpaired) electrons. The van der Waals surface area contributed by atoms with Crippen molar-refractivity contribution in [2.75, 3.05) is 34.0 Å². The van der Waals surface area contributed by atoms with Crippen molar-refractivity contribution in [3.63, 3.8) is 0 Å². The third-order valence-corrected chi connectivity index (χ3v) is 9.52. The first-order valence-corrected chi connectivity index (χ1v) is 15.5. The van der Waals surface area contributed by atoms with Crippen LogP contribution in [0.1, 0.15) is 43.2 Å². The van der Waals surface area contributed by atoms with Crippen LogP contribution in [0.4, 0.5) is 13.2 Å². The van der Waals surface area contributed by atoms with Crippen LogP contribution in [0.15, 0.2) is 47.4 Å². The lowest BCUT2D eigenvalue weighted by Crippen LogP contribution is -2.57. The molecular weight excluding hydrogens is 591 g/mol. The van der Waals surface area contributed by atoms with E-state index in [-0.39, 0.29) is 25.4 Å². The lowest BCUT2D eigenvalue weighted by molar-refractivity contribution is -0.137. The molecule has 2 atom stereocenters. The SMILES string of the molecule is COc1ccc(C[C@H](NC(=O)[C@@H]2CCCCN2S(=O)(=O)c2cccc(C(F)(F)F)c2)C(=O)NC2CCOCC2)cc1OC. The molecule has 10 nitrogen and oxygen atoms in total. The van der Waals surface area contributed by atoms with Gasteiger partial charge in [-0.1, -0.05) is 18.6 Å². The van der Waals surface area contributed by atoms with E-state index in [2.05, 4.69) is 10.6 Å². The van der Waals surface area contributed by atoms with Crippen LogP contribution in [0.5, 0.6) is 11.5 Å². The Morgan fingerprint density at radius 1 is 1.02 bits per heavy atom. The zero-order valence-electron chi connectivity index (χ0n) is 24.0. The maximum Gasteiger partial charge on any atom is 0.416 e. The van der Waals surface area contributed by atoms with E-state index >= 15 is 0 Å². The number of halogens is 3. The van der Waals surface area contributed by atoms with Crippen molar-refractivity contribution in [1.29, 1.82) is 0 Å². The van der Waals surface area contributed by atoms with Gasteiger partial charge >= 0.3 is 6.18 Å². The summed E-state index contributed by atoms with van der Waals surface area (Å²) in [6.07, 6.45) is -2.35. The molecule has 14 heteroatoms. The fourth-order valence-electron chi connectivity index (χ4n) is 5.29. The molecule has 2 aromatic rings. The molecule has 0 unspecified atom stereocenters. The maximum absolute atomic E-state index is 13.7. The number of nitrogens with zero attached hydrogens (tertiary/aromatic N) is 1. The fourth-order valence-corrected chi connectivity index (χ4v) is 6.99. The lowest BCUT2D eigenvalue weighted by atomic mass is 10.0. The van der Waals surface area contributed by atoms with E-state index in [1.807, 2.05) is 0 Å². The molecule has 43 heavy (non-hydrogen) atoms. The van der Waals surface area contributed by atoms with Gasteiger partial charge < -0.3 is 24.8 Å². The predicted molar refractivity (Wildman–Crippen MR) is 150 cm³/mol. The average molecular weight is 628 g/mol. The Bertz CT molecular complexity index is 1400. The highest BCUT2D eigenvalue weighted by Gasteiger charge is 2.40. The van der Waals surface area contributed by atoms with E-state index in [4.69, 9.17) is 14.2 Å². The monoisotopic (exact) mass is 627 g/mol. The number of nitrogens with one attached hydrogen (secondary N) is 2. The number of hydrogen-bond donors (Lipinski definition) is 2. The second-order valence-corrected chi connectivity index (χ2v) is 12.4. The van der Waals surface area contributed by atoms with Gasteiger partial charge in [0.25, 0.3) is 0 Å². The van der Waals surface area contributed by atoms with E-state index < -0.39 is 50.6 Å². The number of methoxy groups -OCH3 is 2. The Hall–Kier alpha value is -3.36. The molecule has 2 aliphatic heterocycles. The van der Waals surface area contributed by atoms with E-state index in [0.29, 0.717) is 62.0 Å². The summed E-state index contributed by atoms with van der Waals surface area (Å²) in [5.74, 6) is -0.238. The van der Waals surface area contributed by atoms with E-state index in [0.717, 1.165) is 22.5 Å². The number of carbonyl (C=O) groups excluding carboxylic acids is 2. The standard InChI is InChI=1S/C29H36F3N3O7S/c1-40-25-10-9-19(17-26(25)41-2)16-23(27(36)33-21-11-14-42-15-12-21)34-28(37)24-8-3-4-13-35(24)43(38,39)22-7-5-6-20(18-22)29(30,31)32/h5-7,9-10,17-18,21,23-24H,3-4,8,11-16H2,1-2H3,(H,33,36)(H,34,37)/t23-,24-/m0/s1. The summed E-state index contributed by atoms with van der Waals surface area (Å²) in [5, 5.41) is 5.70. The number of carbonyl (C=O) groups is 2. The number of amides is 2. The summed E-state index contributed by atoms with van der Waals surface area (Å²) in [4.78, 5) is 26.6. The van der Waals surface area contributed by atoms with Gasteiger partial charge in [-0.05, 0) is 61.6 Å². The molecule has 2 aliphatic rings. The number of alkyl halides is 3. The van der Waals surface area contributed by atoms with Crippen LogP contribution in [0.2, 0.25) is 0 Å². The number of piperidine rings is 1. The number of ether oxygens (including phenoxy) is 3. The van der Waals surface area contributed by atoms with Gasteiger partial charge in [-0.25, -0.2) is 8.42 Å². The van der Waals surface area contributed by atoms with Crippen LogP contribution in [-0.2, 0) is 36.9 Å². The van der Waals surface area contributed by atoms with Crippen molar-refractivity contribution in [2.24, 2.45) is 0 Å². The van der Waals surface area contributed by atoms with Gasteiger partial charge in [0, 0.05) is 32.2 Å². The summed E-state index contributed by atoms with van der Waals surface area (Å²) < 4.78 is 84.0. The van der Waals surface area contributed by atoms with Gasteiger partial charge in [-0.15, -0.1) is 0 Å². The van der Waals surface area contributed by atoms with Crippen molar-refractivity contribution in [2.45, 2.75) is 67.7 Å². The van der Waals surface area contributed by atoms with Gasteiger partial charge in [0.2, 0.25) is 21.8 Å². The van der Waals surface area contributed by atoms with Crippen molar-refractivity contribution >= 4 is 21.8 Å². The second kappa shape index (κ2) is 14.0. The van der Waals surface area contributed by atoms with Gasteiger partial charge in [0.15, 0.2) is 11.5 Å². The minimum Gasteiger partial charge on any atom is -0.493 e.